The van der Waals surface area contributed by atoms with E-state index >= 15 is 0 Å². The summed E-state index contributed by atoms with van der Waals surface area (Å²) < 4.78 is 44.5. The van der Waals surface area contributed by atoms with Gasteiger partial charge in [-0.25, -0.2) is 9.98 Å². The SMILES string of the molecule is CC(=NCCCCC1CN(c2nc(N=CC=C(N)OCCC3(C(F)(F)F)CC3)ccc2C(N)O)C(C)(C)C1)C(S)=CN. The quantitative estimate of drug-likeness (QED) is 0.0635. The first kappa shape index (κ1) is 33.7. The first-order valence-electron chi connectivity index (χ1n) is 14.2. The fraction of sp³-hybridized carbons (Fsp3) is 0.621. The molecular weight excluding hydrogens is 567 g/mol. The Bertz CT molecular complexity index is 1190. The summed E-state index contributed by atoms with van der Waals surface area (Å²) in [7, 11) is 0. The summed E-state index contributed by atoms with van der Waals surface area (Å²) in [4.78, 5) is 16.4. The normalized spacial score (nSPS) is 21.7. The monoisotopic (exact) mass is 611 g/mol. The van der Waals surface area contributed by atoms with E-state index in [4.69, 9.17) is 26.9 Å². The van der Waals surface area contributed by atoms with Crippen LogP contribution in [-0.4, -0.2) is 53.4 Å². The summed E-state index contributed by atoms with van der Waals surface area (Å²) in [6.07, 6.45) is 2.86. The molecule has 0 bridgehead atoms. The Morgan fingerprint density at radius 2 is 2.02 bits per heavy atom. The molecule has 1 saturated heterocycles. The van der Waals surface area contributed by atoms with E-state index in [-0.39, 0.29) is 37.3 Å². The highest BCUT2D eigenvalue weighted by atomic mass is 32.1. The summed E-state index contributed by atoms with van der Waals surface area (Å²) in [5.74, 6) is 1.34. The van der Waals surface area contributed by atoms with Crippen molar-refractivity contribution in [1.82, 2.24) is 4.98 Å². The summed E-state index contributed by atoms with van der Waals surface area (Å²) in [5.41, 5.74) is 16.6. The molecule has 3 rings (SSSR count). The zero-order chi connectivity index (χ0) is 31.1. The number of allylic oxidation sites excluding steroid dienone is 2. The van der Waals surface area contributed by atoms with Crippen LogP contribution in [0.2, 0.25) is 0 Å². The number of anilines is 1. The highest BCUT2D eigenvalue weighted by molar-refractivity contribution is 7.85. The summed E-state index contributed by atoms with van der Waals surface area (Å²) in [5, 5.41) is 10.3. The van der Waals surface area contributed by atoms with Crippen molar-refractivity contribution < 1.29 is 23.0 Å². The van der Waals surface area contributed by atoms with Gasteiger partial charge in [0.2, 0.25) is 0 Å². The molecule has 0 spiro atoms. The summed E-state index contributed by atoms with van der Waals surface area (Å²) >= 11 is 4.29. The minimum atomic E-state index is -4.22. The molecule has 2 fully saturated rings. The zero-order valence-corrected chi connectivity index (χ0v) is 25.5. The lowest BCUT2D eigenvalue weighted by atomic mass is 9.93. The number of rotatable bonds is 14. The van der Waals surface area contributed by atoms with Crippen LogP contribution in [0.15, 0.2) is 45.2 Å². The Labute approximate surface area is 251 Å². The van der Waals surface area contributed by atoms with E-state index in [0.717, 1.165) is 37.9 Å². The average molecular weight is 612 g/mol. The van der Waals surface area contributed by atoms with Crippen molar-refractivity contribution in [3.8, 4) is 0 Å². The van der Waals surface area contributed by atoms with Crippen LogP contribution in [0.3, 0.4) is 0 Å². The molecule has 1 aliphatic heterocycles. The number of aliphatic hydroxyl groups is 1. The Morgan fingerprint density at radius 1 is 1.31 bits per heavy atom. The van der Waals surface area contributed by atoms with E-state index in [1.807, 2.05) is 6.92 Å². The van der Waals surface area contributed by atoms with Crippen LogP contribution >= 0.6 is 12.6 Å². The van der Waals surface area contributed by atoms with Gasteiger partial charge >= 0.3 is 6.18 Å². The Kier molecular flexibility index (Phi) is 11.4. The molecule has 1 saturated carbocycles. The molecule has 7 N–H and O–H groups in total. The van der Waals surface area contributed by atoms with Crippen molar-refractivity contribution in [2.75, 3.05) is 24.6 Å². The molecule has 42 heavy (non-hydrogen) atoms. The minimum Gasteiger partial charge on any atom is -0.479 e. The molecular formula is C29H44F3N7O2S. The number of halogens is 3. The number of aliphatic imine (C=N–C) groups is 2. The number of nitrogens with zero attached hydrogens (tertiary/aromatic N) is 4. The van der Waals surface area contributed by atoms with Crippen molar-refractivity contribution in [2.24, 2.45) is 38.5 Å². The number of thiol groups is 1. The fourth-order valence-corrected chi connectivity index (χ4v) is 5.41. The number of hydrogen-bond donors (Lipinski definition) is 5. The third-order valence-corrected chi connectivity index (χ3v) is 8.55. The Hall–Kier alpha value is -2.77. The van der Waals surface area contributed by atoms with Gasteiger partial charge in [-0.15, -0.1) is 12.6 Å². The molecule has 2 unspecified atom stereocenters. The molecule has 2 aliphatic rings. The predicted molar refractivity (Wildman–Crippen MR) is 165 cm³/mol. The van der Waals surface area contributed by atoms with Crippen molar-refractivity contribution in [3.05, 3.63) is 40.8 Å². The van der Waals surface area contributed by atoms with E-state index in [2.05, 4.69) is 41.4 Å². The summed E-state index contributed by atoms with van der Waals surface area (Å²) in [6.45, 7) is 7.52. The minimum absolute atomic E-state index is 0.0303. The number of alkyl halides is 3. The van der Waals surface area contributed by atoms with Crippen LogP contribution in [0.4, 0.5) is 24.8 Å². The molecule has 0 aromatic carbocycles. The molecule has 1 aliphatic carbocycles. The third-order valence-electron chi connectivity index (χ3n) is 8.07. The molecule has 0 amide bonds. The van der Waals surface area contributed by atoms with Gasteiger partial charge in [-0.3, -0.25) is 4.99 Å². The zero-order valence-electron chi connectivity index (χ0n) is 24.6. The van der Waals surface area contributed by atoms with Gasteiger partial charge in [-0.2, -0.15) is 13.2 Å². The highest BCUT2D eigenvalue weighted by Gasteiger charge is 2.62. The number of hydrogen-bond acceptors (Lipinski definition) is 10. The van der Waals surface area contributed by atoms with Gasteiger partial charge in [0.25, 0.3) is 0 Å². The van der Waals surface area contributed by atoms with Gasteiger partial charge in [0.1, 0.15) is 12.0 Å². The Morgan fingerprint density at radius 3 is 2.64 bits per heavy atom. The molecule has 1 aromatic heterocycles. The van der Waals surface area contributed by atoms with Crippen molar-refractivity contribution in [1.29, 1.82) is 0 Å². The highest BCUT2D eigenvalue weighted by Crippen LogP contribution is 2.59. The second-order valence-corrected chi connectivity index (χ2v) is 12.2. The van der Waals surface area contributed by atoms with E-state index in [1.54, 1.807) is 12.1 Å². The first-order chi connectivity index (χ1) is 19.7. The molecule has 234 valence electrons. The molecule has 13 heteroatoms. The second-order valence-electron chi connectivity index (χ2n) is 11.8. The maximum atomic E-state index is 13.1. The van der Waals surface area contributed by atoms with Crippen molar-refractivity contribution >= 4 is 36.2 Å². The molecule has 9 nitrogen and oxygen atoms in total. The number of nitrogens with two attached hydrogens (primary N) is 3. The maximum Gasteiger partial charge on any atom is 0.394 e. The van der Waals surface area contributed by atoms with Crippen LogP contribution in [-0.2, 0) is 4.74 Å². The smallest absolute Gasteiger partial charge is 0.394 e. The number of unbranched alkanes of at least 4 members (excludes halogenated alkanes) is 1. The van der Waals surface area contributed by atoms with Crippen molar-refractivity contribution in [3.63, 3.8) is 0 Å². The predicted octanol–water partition coefficient (Wildman–Crippen LogP) is 5.25. The Balaban J connectivity index is 1.61. The molecule has 2 heterocycles. The standard InChI is InChI=1S/C29H44F3N7O2S/c1-19(22(42)17-33)36-13-5-4-6-20-16-27(2,3)39(18-20)26-21(25(35)40)7-8-24(38-26)37-14-9-23(34)41-15-12-28(10-11-28)29(30,31)32/h7-9,14,17,20,25,40,42H,4-6,10-13,15-16,18,33-35H2,1-3H3. The maximum absolute atomic E-state index is 13.1. The summed E-state index contributed by atoms with van der Waals surface area (Å²) in [6, 6.07) is 3.33. The number of aliphatic hydroxyl groups excluding tert-OH is 1. The third kappa shape index (κ3) is 8.87. The fourth-order valence-electron chi connectivity index (χ4n) is 5.34. The number of ether oxygens (including phenoxy) is 1. The average Bonchev–Trinajstić information content (AvgIpc) is 3.65. The second kappa shape index (κ2) is 14.1. The molecule has 2 atom stereocenters. The van der Waals surface area contributed by atoms with Gasteiger partial charge in [0.05, 0.1) is 12.0 Å². The van der Waals surface area contributed by atoms with Gasteiger partial charge in [-0.05, 0) is 77.3 Å². The lowest BCUT2D eigenvalue weighted by molar-refractivity contribution is -0.191. The van der Waals surface area contributed by atoms with Crippen LogP contribution in [0, 0.1) is 11.3 Å². The lowest BCUT2D eigenvalue weighted by Crippen LogP contribution is -2.39. The van der Waals surface area contributed by atoms with Crippen LogP contribution < -0.4 is 22.1 Å². The van der Waals surface area contributed by atoms with Gasteiger partial charge in [0.15, 0.2) is 11.7 Å². The largest absolute Gasteiger partial charge is 0.479 e. The van der Waals surface area contributed by atoms with E-state index in [9.17, 15) is 18.3 Å². The topological polar surface area (TPSA) is 148 Å². The van der Waals surface area contributed by atoms with Gasteiger partial charge in [0, 0.05) is 53.3 Å². The van der Waals surface area contributed by atoms with Crippen LogP contribution in [0.5, 0.6) is 0 Å². The van der Waals surface area contributed by atoms with Gasteiger partial charge in [-0.1, -0.05) is 6.42 Å². The van der Waals surface area contributed by atoms with E-state index < -0.39 is 17.8 Å². The molecule has 0 radical (unpaired) electrons. The van der Waals surface area contributed by atoms with E-state index in [1.165, 1.54) is 18.5 Å². The number of aromatic nitrogens is 1. The van der Waals surface area contributed by atoms with Gasteiger partial charge < -0.3 is 31.9 Å². The van der Waals surface area contributed by atoms with E-state index in [0.29, 0.717) is 34.6 Å². The van der Waals surface area contributed by atoms with Crippen LogP contribution in [0.1, 0.15) is 77.5 Å². The number of pyridine rings is 1. The van der Waals surface area contributed by atoms with Crippen molar-refractivity contribution in [2.45, 2.75) is 83.7 Å². The van der Waals surface area contributed by atoms with Crippen LogP contribution in [0.25, 0.3) is 0 Å². The molecule has 1 aromatic rings. The lowest BCUT2D eigenvalue weighted by Gasteiger charge is -2.34. The first-order valence-corrected chi connectivity index (χ1v) is 14.7.